The molecule has 0 heterocycles. The van der Waals surface area contributed by atoms with Crippen molar-refractivity contribution >= 4 is 5.91 Å². The molecule has 0 radical (unpaired) electrons. The van der Waals surface area contributed by atoms with Crippen molar-refractivity contribution in [1.82, 2.24) is 4.90 Å². The predicted molar refractivity (Wildman–Crippen MR) is 139 cm³/mol. The molecule has 0 spiro atoms. The third-order valence-electron chi connectivity index (χ3n) is 7.04. The summed E-state index contributed by atoms with van der Waals surface area (Å²) < 4.78 is 5.81. The van der Waals surface area contributed by atoms with Gasteiger partial charge in [0.05, 0.1) is 6.54 Å². The van der Waals surface area contributed by atoms with E-state index in [1.165, 1.54) is 68.1 Å². The Morgan fingerprint density at radius 1 is 0.970 bits per heavy atom. The molecule has 1 aliphatic rings. The third-order valence-corrected chi connectivity index (χ3v) is 7.04. The highest BCUT2D eigenvalue weighted by molar-refractivity contribution is 5.91. The number of nitrogens with zero attached hydrogens (tertiary/aromatic N) is 1. The van der Waals surface area contributed by atoms with Gasteiger partial charge in [-0.1, -0.05) is 75.6 Å². The fourth-order valence-corrected chi connectivity index (χ4v) is 4.89. The molecular formula is C30H41NO2. The van der Waals surface area contributed by atoms with Crippen LogP contribution in [-0.4, -0.2) is 31.0 Å². The zero-order valence-electron chi connectivity index (χ0n) is 20.8. The number of amides is 1. The maximum Gasteiger partial charge on any atom is 0.248 e. The maximum atomic E-state index is 11.8. The summed E-state index contributed by atoms with van der Waals surface area (Å²) in [5, 5.41) is 0. The summed E-state index contributed by atoms with van der Waals surface area (Å²) in [6, 6.07) is 17.4. The van der Waals surface area contributed by atoms with Crippen LogP contribution in [0, 0.1) is 5.92 Å². The van der Waals surface area contributed by atoms with Gasteiger partial charge in [-0.05, 0) is 73.3 Å². The van der Waals surface area contributed by atoms with Crippen molar-refractivity contribution in [3.8, 4) is 16.9 Å². The van der Waals surface area contributed by atoms with E-state index in [1.54, 1.807) is 18.9 Å². The van der Waals surface area contributed by atoms with E-state index >= 15 is 0 Å². The van der Waals surface area contributed by atoms with Gasteiger partial charge in [0, 0.05) is 12.6 Å². The van der Waals surface area contributed by atoms with Crippen LogP contribution >= 0.6 is 0 Å². The van der Waals surface area contributed by atoms with Crippen molar-refractivity contribution in [2.45, 2.75) is 71.1 Å². The molecule has 0 N–H and O–H groups in total. The Hall–Kier alpha value is -2.55. The number of likely N-dealkylation sites (N-methyl/N-ethyl adjacent to an activating group) is 1. The van der Waals surface area contributed by atoms with Crippen LogP contribution in [0.5, 0.6) is 5.75 Å². The Morgan fingerprint density at radius 2 is 1.58 bits per heavy atom. The summed E-state index contributed by atoms with van der Waals surface area (Å²) in [5.41, 5.74) is 4.48. The number of rotatable bonds is 11. The van der Waals surface area contributed by atoms with Gasteiger partial charge in [-0.2, -0.15) is 0 Å². The van der Waals surface area contributed by atoms with E-state index in [0.29, 0.717) is 18.7 Å². The van der Waals surface area contributed by atoms with Crippen molar-refractivity contribution < 1.29 is 9.53 Å². The summed E-state index contributed by atoms with van der Waals surface area (Å²) in [6.07, 6.45) is 11.0. The quantitative estimate of drug-likeness (QED) is 0.262. The lowest BCUT2D eigenvalue weighted by molar-refractivity contribution is -0.126. The third kappa shape index (κ3) is 7.48. The van der Waals surface area contributed by atoms with Crippen molar-refractivity contribution in [1.29, 1.82) is 0 Å². The van der Waals surface area contributed by atoms with Gasteiger partial charge in [-0.25, -0.2) is 0 Å². The average molecular weight is 448 g/mol. The van der Waals surface area contributed by atoms with E-state index in [2.05, 4.69) is 49.9 Å². The first-order chi connectivity index (χ1) is 16.0. The molecule has 0 atom stereocenters. The van der Waals surface area contributed by atoms with Gasteiger partial charge in [-0.15, -0.1) is 0 Å². The highest BCUT2D eigenvalue weighted by Gasteiger charge is 2.22. The molecule has 2 aromatic rings. The van der Waals surface area contributed by atoms with Gasteiger partial charge in [0.1, 0.15) is 12.4 Å². The molecule has 1 saturated carbocycles. The van der Waals surface area contributed by atoms with Gasteiger partial charge >= 0.3 is 0 Å². The highest BCUT2D eigenvalue weighted by Crippen LogP contribution is 2.38. The van der Waals surface area contributed by atoms with Crippen molar-refractivity contribution in [3.05, 3.63) is 66.2 Å². The van der Waals surface area contributed by atoms with Crippen LogP contribution in [0.1, 0.15) is 76.7 Å². The zero-order chi connectivity index (χ0) is 23.6. The Kier molecular flexibility index (Phi) is 9.60. The standard InChI is InChI=1S/C30H41NO2/c1-5-6-7-8-24-9-11-25(12-10-24)26-13-15-27(16-14-26)28-17-19-29(20-18-28)33-22-21-31(4)30(32)23(2)3/h13-20,24-25H,2,5-12,21-22H2,1,3-4H3. The lowest BCUT2D eigenvalue weighted by Crippen LogP contribution is -2.31. The minimum atomic E-state index is -0.0441. The second-order valence-corrected chi connectivity index (χ2v) is 9.72. The fraction of sp³-hybridized carbons (Fsp3) is 0.500. The molecule has 0 unspecified atom stereocenters. The highest BCUT2D eigenvalue weighted by atomic mass is 16.5. The summed E-state index contributed by atoms with van der Waals surface area (Å²) in [6.45, 7) is 8.71. The smallest absolute Gasteiger partial charge is 0.248 e. The SMILES string of the molecule is C=C(C)C(=O)N(C)CCOc1ccc(-c2ccc(C3CCC(CCCCC)CC3)cc2)cc1. The van der Waals surface area contributed by atoms with E-state index < -0.39 is 0 Å². The minimum Gasteiger partial charge on any atom is -0.492 e. The Morgan fingerprint density at radius 3 is 2.15 bits per heavy atom. The van der Waals surface area contributed by atoms with Crippen LogP contribution in [0.4, 0.5) is 0 Å². The first kappa shape index (κ1) is 25.1. The van der Waals surface area contributed by atoms with Crippen molar-refractivity contribution in [2.75, 3.05) is 20.2 Å². The van der Waals surface area contributed by atoms with Crippen LogP contribution in [0.25, 0.3) is 11.1 Å². The molecule has 0 saturated heterocycles. The van der Waals surface area contributed by atoms with Crippen molar-refractivity contribution in [2.24, 2.45) is 5.92 Å². The number of unbranched alkanes of at least 4 members (excludes halogenated alkanes) is 2. The molecule has 3 nitrogen and oxygen atoms in total. The van der Waals surface area contributed by atoms with Crippen LogP contribution < -0.4 is 4.74 Å². The van der Waals surface area contributed by atoms with Gasteiger partial charge in [0.15, 0.2) is 0 Å². The molecule has 1 aliphatic carbocycles. The Labute approximate surface area is 200 Å². The fourth-order valence-electron chi connectivity index (χ4n) is 4.89. The molecule has 2 aromatic carbocycles. The monoisotopic (exact) mass is 447 g/mol. The maximum absolute atomic E-state index is 11.8. The van der Waals surface area contributed by atoms with E-state index in [9.17, 15) is 4.79 Å². The second kappa shape index (κ2) is 12.6. The van der Waals surface area contributed by atoms with Crippen LogP contribution in [0.2, 0.25) is 0 Å². The number of carbonyl (C=O) groups is 1. The summed E-state index contributed by atoms with van der Waals surface area (Å²) in [7, 11) is 1.77. The Bertz CT molecular complexity index is 877. The first-order valence-corrected chi connectivity index (χ1v) is 12.7. The molecule has 0 aromatic heterocycles. The van der Waals surface area contributed by atoms with E-state index in [4.69, 9.17) is 4.74 Å². The molecule has 1 fully saturated rings. The molecule has 178 valence electrons. The topological polar surface area (TPSA) is 29.5 Å². The van der Waals surface area contributed by atoms with Crippen LogP contribution in [-0.2, 0) is 4.79 Å². The van der Waals surface area contributed by atoms with Crippen LogP contribution in [0.3, 0.4) is 0 Å². The molecule has 3 rings (SSSR count). The number of carbonyl (C=O) groups excluding carboxylic acids is 1. The molecule has 0 bridgehead atoms. The summed E-state index contributed by atoms with van der Waals surface area (Å²) in [5.74, 6) is 2.46. The summed E-state index contributed by atoms with van der Waals surface area (Å²) in [4.78, 5) is 13.5. The van der Waals surface area contributed by atoms with Crippen LogP contribution in [0.15, 0.2) is 60.7 Å². The van der Waals surface area contributed by atoms with E-state index in [0.717, 1.165) is 17.6 Å². The molecule has 1 amide bonds. The van der Waals surface area contributed by atoms with Gasteiger partial charge < -0.3 is 9.64 Å². The lowest BCUT2D eigenvalue weighted by atomic mass is 9.77. The van der Waals surface area contributed by atoms with E-state index in [-0.39, 0.29) is 5.91 Å². The normalized spacial score (nSPS) is 18.0. The molecule has 33 heavy (non-hydrogen) atoms. The molecule has 3 heteroatoms. The number of hydrogen-bond acceptors (Lipinski definition) is 2. The predicted octanol–water partition coefficient (Wildman–Crippen LogP) is 7.62. The van der Waals surface area contributed by atoms with Gasteiger partial charge in [0.2, 0.25) is 5.91 Å². The summed E-state index contributed by atoms with van der Waals surface area (Å²) >= 11 is 0. The molecule has 0 aliphatic heterocycles. The van der Waals surface area contributed by atoms with Gasteiger partial charge in [-0.3, -0.25) is 4.79 Å². The van der Waals surface area contributed by atoms with Crippen molar-refractivity contribution in [3.63, 3.8) is 0 Å². The minimum absolute atomic E-state index is 0.0441. The lowest BCUT2D eigenvalue weighted by Gasteiger charge is -2.29. The molecular weight excluding hydrogens is 406 g/mol. The Balaban J connectivity index is 1.47. The van der Waals surface area contributed by atoms with Gasteiger partial charge in [0.25, 0.3) is 0 Å². The number of ether oxygens (including phenoxy) is 1. The number of benzene rings is 2. The number of hydrogen-bond donors (Lipinski definition) is 0. The largest absolute Gasteiger partial charge is 0.492 e. The average Bonchev–Trinajstić information content (AvgIpc) is 2.84. The second-order valence-electron chi connectivity index (χ2n) is 9.72. The first-order valence-electron chi connectivity index (χ1n) is 12.7. The zero-order valence-corrected chi connectivity index (χ0v) is 20.8. The van der Waals surface area contributed by atoms with E-state index in [1.807, 2.05) is 12.1 Å².